The molecule has 1 unspecified atom stereocenters. The first-order valence-electron chi connectivity index (χ1n) is 26.5. The highest BCUT2D eigenvalue weighted by atomic mass is 16.6. The van der Waals surface area contributed by atoms with Gasteiger partial charge in [-0.3, -0.25) is 14.4 Å². The van der Waals surface area contributed by atoms with E-state index in [1.165, 1.54) is 148 Å². The van der Waals surface area contributed by atoms with E-state index in [2.05, 4.69) is 39.0 Å². The van der Waals surface area contributed by atoms with Gasteiger partial charge in [0.05, 0.1) is 0 Å². The molecule has 0 heterocycles. The minimum atomic E-state index is -0.805. The molecule has 0 aliphatic rings. The van der Waals surface area contributed by atoms with Gasteiger partial charge >= 0.3 is 17.9 Å². The van der Waals surface area contributed by atoms with Crippen molar-refractivity contribution < 1.29 is 28.6 Å². The standard InChI is InChI=1S/C57H98O6/c1-4-7-10-13-16-19-22-25-27-28-29-30-33-35-38-41-44-47-50-56(59)62-53-54(52-61-55(58)49-46-43-40-37-34-31-24-21-18-15-12-9-6-3)63-57(60)51-48-45-42-39-36-32-26-23-20-17-14-11-8-5-2/h9,12,15,18,21,24,29-31,34,37,40,54H,4-8,10-11,13-14,16-17,19-20,22-23,25-28,32-33,35-36,38-39,41-53H2,1-3H3/b12-9+,18-15+,24-21+,30-29+,34-31+,40-37+. The number of carbonyl (C=O) groups is 3. The number of rotatable bonds is 47. The van der Waals surface area contributed by atoms with Gasteiger partial charge in [-0.1, -0.05) is 248 Å². The van der Waals surface area contributed by atoms with E-state index >= 15 is 0 Å². The number of hydrogen-bond acceptors (Lipinski definition) is 6. The third kappa shape index (κ3) is 49.7. The highest BCUT2D eigenvalue weighted by molar-refractivity contribution is 5.71. The fourth-order valence-electron chi connectivity index (χ4n) is 7.35. The van der Waals surface area contributed by atoms with Gasteiger partial charge in [-0.15, -0.1) is 0 Å². The largest absolute Gasteiger partial charge is 0.462 e. The summed E-state index contributed by atoms with van der Waals surface area (Å²) in [6, 6.07) is 0. The van der Waals surface area contributed by atoms with Gasteiger partial charge in [-0.05, 0) is 57.8 Å². The van der Waals surface area contributed by atoms with Gasteiger partial charge in [0.2, 0.25) is 0 Å². The smallest absolute Gasteiger partial charge is 0.306 e. The summed E-state index contributed by atoms with van der Waals surface area (Å²) in [6.07, 6.45) is 64.7. The Labute approximate surface area is 389 Å². The third-order valence-electron chi connectivity index (χ3n) is 11.3. The zero-order valence-corrected chi connectivity index (χ0v) is 41.3. The molecule has 0 N–H and O–H groups in total. The SMILES string of the molecule is CC/C=C/C=C/C=C/C=C/C=C/CCCC(=O)OCC(COC(=O)CCCCCCC/C=C/CCCCCCCCCCC)OC(=O)CCCCCCCCCCCCCCCC. The van der Waals surface area contributed by atoms with Crippen LogP contribution in [-0.4, -0.2) is 37.2 Å². The lowest BCUT2D eigenvalue weighted by molar-refractivity contribution is -0.167. The maximum Gasteiger partial charge on any atom is 0.306 e. The van der Waals surface area contributed by atoms with E-state index in [4.69, 9.17) is 14.2 Å². The second kappa shape index (κ2) is 51.5. The van der Waals surface area contributed by atoms with Crippen LogP contribution in [0.5, 0.6) is 0 Å². The van der Waals surface area contributed by atoms with Crippen molar-refractivity contribution in [3.63, 3.8) is 0 Å². The number of allylic oxidation sites excluding steroid dienone is 12. The lowest BCUT2D eigenvalue weighted by Crippen LogP contribution is -2.30. The molecule has 0 radical (unpaired) electrons. The number of carbonyl (C=O) groups excluding carboxylic acids is 3. The highest BCUT2D eigenvalue weighted by Crippen LogP contribution is 2.15. The third-order valence-corrected chi connectivity index (χ3v) is 11.3. The van der Waals surface area contributed by atoms with Gasteiger partial charge < -0.3 is 14.2 Å². The Hall–Kier alpha value is -3.15. The molecule has 0 aromatic rings. The highest BCUT2D eigenvalue weighted by Gasteiger charge is 2.19. The maximum atomic E-state index is 12.8. The minimum Gasteiger partial charge on any atom is -0.462 e. The zero-order chi connectivity index (χ0) is 45.8. The van der Waals surface area contributed by atoms with Gasteiger partial charge in [0, 0.05) is 19.3 Å². The van der Waals surface area contributed by atoms with E-state index < -0.39 is 6.10 Å². The zero-order valence-electron chi connectivity index (χ0n) is 41.3. The van der Waals surface area contributed by atoms with Crippen LogP contribution in [0.25, 0.3) is 0 Å². The molecule has 0 rings (SSSR count). The van der Waals surface area contributed by atoms with Crippen LogP contribution in [0.3, 0.4) is 0 Å². The summed E-state index contributed by atoms with van der Waals surface area (Å²) in [6.45, 7) is 6.43. The first-order chi connectivity index (χ1) is 31.0. The lowest BCUT2D eigenvalue weighted by Gasteiger charge is -2.18. The van der Waals surface area contributed by atoms with Crippen molar-refractivity contribution in [2.24, 2.45) is 0 Å². The average Bonchev–Trinajstić information content (AvgIpc) is 3.28. The van der Waals surface area contributed by atoms with Gasteiger partial charge in [-0.25, -0.2) is 0 Å². The van der Waals surface area contributed by atoms with Crippen LogP contribution in [-0.2, 0) is 28.6 Å². The lowest BCUT2D eigenvalue weighted by atomic mass is 10.0. The van der Waals surface area contributed by atoms with E-state index in [1.807, 2.05) is 54.7 Å². The monoisotopic (exact) mass is 879 g/mol. The van der Waals surface area contributed by atoms with E-state index in [9.17, 15) is 14.4 Å². The van der Waals surface area contributed by atoms with E-state index in [1.54, 1.807) is 0 Å². The van der Waals surface area contributed by atoms with Crippen molar-refractivity contribution in [2.45, 2.75) is 258 Å². The first-order valence-corrected chi connectivity index (χ1v) is 26.5. The van der Waals surface area contributed by atoms with Gasteiger partial charge in [-0.2, -0.15) is 0 Å². The second-order valence-electron chi connectivity index (χ2n) is 17.5. The number of hydrogen-bond donors (Lipinski definition) is 0. The molecule has 0 bridgehead atoms. The molecule has 0 amide bonds. The molecule has 0 saturated heterocycles. The summed E-state index contributed by atoms with van der Waals surface area (Å²) in [7, 11) is 0. The molecule has 6 heteroatoms. The number of unbranched alkanes of at least 4 members (excludes halogenated alkanes) is 28. The van der Waals surface area contributed by atoms with Gasteiger partial charge in [0.1, 0.15) is 13.2 Å². The minimum absolute atomic E-state index is 0.100. The molecule has 0 fully saturated rings. The van der Waals surface area contributed by atoms with Crippen molar-refractivity contribution in [3.8, 4) is 0 Å². The first kappa shape index (κ1) is 59.9. The number of ether oxygens (including phenoxy) is 3. The van der Waals surface area contributed by atoms with Crippen molar-refractivity contribution in [1.29, 1.82) is 0 Å². The van der Waals surface area contributed by atoms with Gasteiger partial charge in [0.25, 0.3) is 0 Å². The normalized spacial score (nSPS) is 12.6. The fraction of sp³-hybridized carbons (Fsp3) is 0.737. The molecular formula is C57H98O6. The van der Waals surface area contributed by atoms with Gasteiger partial charge in [0.15, 0.2) is 6.10 Å². The second-order valence-corrected chi connectivity index (χ2v) is 17.5. The maximum absolute atomic E-state index is 12.8. The molecule has 1 atom stereocenters. The molecule has 63 heavy (non-hydrogen) atoms. The Kier molecular flexibility index (Phi) is 48.9. The summed E-state index contributed by atoms with van der Waals surface area (Å²) >= 11 is 0. The number of esters is 3. The molecule has 362 valence electrons. The van der Waals surface area contributed by atoms with Crippen molar-refractivity contribution in [3.05, 3.63) is 72.9 Å². The Morgan fingerprint density at radius 3 is 1.06 bits per heavy atom. The quantitative estimate of drug-likeness (QED) is 0.0199. The van der Waals surface area contributed by atoms with Crippen LogP contribution in [0.15, 0.2) is 72.9 Å². The van der Waals surface area contributed by atoms with Crippen LogP contribution < -0.4 is 0 Å². The summed E-state index contributed by atoms with van der Waals surface area (Å²) in [5, 5.41) is 0. The molecular weight excluding hydrogens is 781 g/mol. The predicted molar refractivity (Wildman–Crippen MR) is 270 cm³/mol. The molecule has 0 aromatic heterocycles. The van der Waals surface area contributed by atoms with Crippen LogP contribution in [0.1, 0.15) is 252 Å². The predicted octanol–water partition coefficient (Wildman–Crippen LogP) is 17.4. The summed E-state index contributed by atoms with van der Waals surface area (Å²) in [5.41, 5.74) is 0. The van der Waals surface area contributed by atoms with Crippen LogP contribution in [0.4, 0.5) is 0 Å². The molecule has 6 nitrogen and oxygen atoms in total. The molecule has 0 saturated carbocycles. The molecule has 0 aliphatic carbocycles. The summed E-state index contributed by atoms with van der Waals surface area (Å²) < 4.78 is 16.7. The Balaban J connectivity index is 4.44. The summed E-state index contributed by atoms with van der Waals surface area (Å²) in [5.74, 6) is -0.980. The fourth-order valence-corrected chi connectivity index (χ4v) is 7.35. The van der Waals surface area contributed by atoms with Crippen LogP contribution >= 0.6 is 0 Å². The topological polar surface area (TPSA) is 78.9 Å². The Morgan fingerprint density at radius 2 is 0.651 bits per heavy atom. The Morgan fingerprint density at radius 1 is 0.333 bits per heavy atom. The van der Waals surface area contributed by atoms with E-state index in [0.717, 1.165) is 57.8 Å². The molecule has 0 spiro atoms. The van der Waals surface area contributed by atoms with E-state index in [-0.39, 0.29) is 37.5 Å². The Bertz CT molecular complexity index is 1190. The van der Waals surface area contributed by atoms with Crippen LogP contribution in [0.2, 0.25) is 0 Å². The molecule has 0 aliphatic heterocycles. The summed E-state index contributed by atoms with van der Waals surface area (Å²) in [4.78, 5) is 38.0. The van der Waals surface area contributed by atoms with Crippen LogP contribution in [0, 0.1) is 0 Å². The van der Waals surface area contributed by atoms with E-state index in [0.29, 0.717) is 19.3 Å². The average molecular weight is 879 g/mol. The van der Waals surface area contributed by atoms with Crippen molar-refractivity contribution >= 4 is 17.9 Å². The molecule has 0 aromatic carbocycles. The van der Waals surface area contributed by atoms with Crippen molar-refractivity contribution in [1.82, 2.24) is 0 Å². The van der Waals surface area contributed by atoms with Crippen molar-refractivity contribution in [2.75, 3.05) is 13.2 Å².